The van der Waals surface area contributed by atoms with Crippen molar-refractivity contribution in [1.29, 1.82) is 0 Å². The SMILES string of the molecule is CCCCCCCCCCCCOc1ccc(C(=O)Oc2ccc(OCCCC3CCCCC3CCCCC)cc2)cc1Br. The summed E-state index contributed by atoms with van der Waals surface area (Å²) >= 11 is 3.56. The van der Waals surface area contributed by atoms with Gasteiger partial charge in [0.25, 0.3) is 0 Å². The van der Waals surface area contributed by atoms with Gasteiger partial charge < -0.3 is 14.2 Å². The maximum Gasteiger partial charge on any atom is 0.343 e. The summed E-state index contributed by atoms with van der Waals surface area (Å²) in [5.41, 5.74) is 0.485. The van der Waals surface area contributed by atoms with Crippen LogP contribution < -0.4 is 14.2 Å². The van der Waals surface area contributed by atoms with E-state index in [9.17, 15) is 4.79 Å². The molecule has 0 spiro atoms. The lowest BCUT2D eigenvalue weighted by Gasteiger charge is -2.31. The maximum absolute atomic E-state index is 12.8. The molecule has 0 bridgehead atoms. The molecule has 44 heavy (non-hydrogen) atoms. The van der Waals surface area contributed by atoms with Crippen LogP contribution in [0.25, 0.3) is 0 Å². The van der Waals surface area contributed by atoms with Gasteiger partial charge in [0.1, 0.15) is 17.2 Å². The van der Waals surface area contributed by atoms with Gasteiger partial charge in [0.15, 0.2) is 0 Å². The van der Waals surface area contributed by atoms with Gasteiger partial charge in [-0.1, -0.05) is 123 Å². The number of carbonyl (C=O) groups is 1. The Balaban J connectivity index is 1.30. The lowest BCUT2D eigenvalue weighted by atomic mass is 9.74. The first-order valence-electron chi connectivity index (χ1n) is 18.0. The minimum Gasteiger partial charge on any atom is -0.494 e. The lowest BCUT2D eigenvalue weighted by Crippen LogP contribution is -2.20. The summed E-state index contributed by atoms with van der Waals surface area (Å²) in [5.74, 6) is 3.49. The zero-order valence-corrected chi connectivity index (χ0v) is 29.3. The standard InChI is InChI=1S/C39H59BrO4/c1-3-5-7-8-9-10-11-12-13-17-29-43-38-28-23-34(31-37(38)40)39(41)44-36-26-24-35(25-27-36)42-30-18-22-33-21-16-15-20-32(33)19-14-6-4-2/h23-28,31-33H,3-22,29-30H2,1-2H3. The van der Waals surface area contributed by atoms with Crippen LogP contribution in [0.3, 0.4) is 0 Å². The molecule has 2 aromatic rings. The number of unbranched alkanes of at least 4 members (excludes halogenated alkanes) is 11. The van der Waals surface area contributed by atoms with Gasteiger partial charge in [-0.15, -0.1) is 0 Å². The van der Waals surface area contributed by atoms with Crippen molar-refractivity contribution in [2.75, 3.05) is 13.2 Å². The van der Waals surface area contributed by atoms with Crippen molar-refractivity contribution in [3.8, 4) is 17.2 Å². The summed E-state index contributed by atoms with van der Waals surface area (Å²) in [6.45, 7) is 5.98. The van der Waals surface area contributed by atoms with Crippen molar-refractivity contribution in [3.63, 3.8) is 0 Å². The van der Waals surface area contributed by atoms with Crippen LogP contribution in [0.15, 0.2) is 46.9 Å². The first-order valence-corrected chi connectivity index (χ1v) is 18.8. The minimum atomic E-state index is -0.387. The molecule has 0 heterocycles. The van der Waals surface area contributed by atoms with E-state index in [0.29, 0.717) is 17.9 Å². The Kier molecular flexibility index (Phi) is 18.6. The molecule has 0 N–H and O–H groups in total. The van der Waals surface area contributed by atoms with Gasteiger partial charge in [0, 0.05) is 0 Å². The van der Waals surface area contributed by atoms with E-state index in [0.717, 1.165) is 47.3 Å². The van der Waals surface area contributed by atoms with Gasteiger partial charge >= 0.3 is 5.97 Å². The van der Waals surface area contributed by atoms with Crippen molar-refractivity contribution in [2.24, 2.45) is 11.8 Å². The van der Waals surface area contributed by atoms with E-state index in [1.165, 1.54) is 116 Å². The van der Waals surface area contributed by atoms with E-state index in [-0.39, 0.29) is 5.97 Å². The third kappa shape index (κ3) is 14.4. The second-order valence-corrected chi connectivity index (χ2v) is 13.7. The largest absolute Gasteiger partial charge is 0.494 e. The molecule has 3 rings (SSSR count). The summed E-state index contributed by atoms with van der Waals surface area (Å²) in [7, 11) is 0. The Labute approximate surface area is 277 Å². The van der Waals surface area contributed by atoms with Crippen molar-refractivity contribution in [2.45, 2.75) is 142 Å². The van der Waals surface area contributed by atoms with E-state index in [2.05, 4.69) is 29.8 Å². The Hall–Kier alpha value is -2.01. The van der Waals surface area contributed by atoms with E-state index in [4.69, 9.17) is 14.2 Å². The average molecular weight is 672 g/mol. The average Bonchev–Trinajstić information content (AvgIpc) is 3.04. The van der Waals surface area contributed by atoms with Crippen molar-refractivity contribution in [3.05, 3.63) is 52.5 Å². The monoisotopic (exact) mass is 670 g/mol. The summed E-state index contributed by atoms with van der Waals surface area (Å²) in [5, 5.41) is 0. The second-order valence-electron chi connectivity index (χ2n) is 12.8. The van der Waals surface area contributed by atoms with E-state index in [1.54, 1.807) is 24.3 Å². The molecule has 0 aliphatic heterocycles. The Morgan fingerprint density at radius 1 is 0.659 bits per heavy atom. The number of esters is 1. The summed E-state index contributed by atoms with van der Waals surface area (Å²) in [6, 6.07) is 12.8. The highest BCUT2D eigenvalue weighted by Gasteiger charge is 2.24. The maximum atomic E-state index is 12.8. The van der Waals surface area contributed by atoms with Gasteiger partial charge in [-0.3, -0.25) is 0 Å². The molecule has 0 saturated heterocycles. The van der Waals surface area contributed by atoms with Crippen LogP contribution in [0.4, 0.5) is 0 Å². The van der Waals surface area contributed by atoms with Gasteiger partial charge in [0.2, 0.25) is 0 Å². The van der Waals surface area contributed by atoms with Crippen molar-refractivity contribution >= 4 is 21.9 Å². The molecule has 246 valence electrons. The molecule has 1 saturated carbocycles. The molecular weight excluding hydrogens is 612 g/mol. The summed E-state index contributed by atoms with van der Waals surface area (Å²) < 4.78 is 18.4. The highest BCUT2D eigenvalue weighted by atomic mass is 79.9. The fourth-order valence-corrected chi connectivity index (χ4v) is 7.02. The molecule has 1 aliphatic rings. The van der Waals surface area contributed by atoms with Crippen LogP contribution >= 0.6 is 15.9 Å². The molecule has 2 unspecified atom stereocenters. The molecule has 4 nitrogen and oxygen atoms in total. The number of benzene rings is 2. The minimum absolute atomic E-state index is 0.387. The number of carbonyl (C=O) groups excluding carboxylic acids is 1. The number of halogens is 1. The molecular formula is C39H59BrO4. The van der Waals surface area contributed by atoms with E-state index < -0.39 is 0 Å². The van der Waals surface area contributed by atoms with Gasteiger partial charge in [-0.05, 0) is 89.5 Å². The number of hydrogen-bond acceptors (Lipinski definition) is 4. The number of ether oxygens (including phenoxy) is 3. The molecule has 5 heteroatoms. The van der Waals surface area contributed by atoms with Crippen LogP contribution in [0, 0.1) is 11.8 Å². The lowest BCUT2D eigenvalue weighted by molar-refractivity contribution is 0.0734. The molecule has 0 aromatic heterocycles. The van der Waals surface area contributed by atoms with Crippen LogP contribution in [-0.2, 0) is 0 Å². The summed E-state index contributed by atoms with van der Waals surface area (Å²) in [6.07, 6.45) is 26.5. The molecule has 0 amide bonds. The predicted octanol–water partition coefficient (Wildman–Crippen LogP) is 12.5. The fourth-order valence-electron chi connectivity index (χ4n) is 6.52. The first-order chi connectivity index (χ1) is 21.6. The highest BCUT2D eigenvalue weighted by molar-refractivity contribution is 9.10. The second kappa shape index (κ2) is 22.5. The number of rotatable bonds is 23. The Morgan fingerprint density at radius 3 is 1.84 bits per heavy atom. The number of hydrogen-bond donors (Lipinski definition) is 0. The predicted molar refractivity (Wildman–Crippen MR) is 187 cm³/mol. The molecule has 1 aliphatic carbocycles. The van der Waals surface area contributed by atoms with E-state index >= 15 is 0 Å². The van der Waals surface area contributed by atoms with Crippen LogP contribution in [0.5, 0.6) is 17.2 Å². The third-order valence-electron chi connectivity index (χ3n) is 9.19. The fraction of sp³-hybridized carbons (Fsp3) is 0.667. The topological polar surface area (TPSA) is 44.8 Å². The Bertz CT molecular complexity index is 1040. The van der Waals surface area contributed by atoms with Gasteiger partial charge in [-0.25, -0.2) is 4.79 Å². The highest BCUT2D eigenvalue weighted by Crippen LogP contribution is 2.36. The molecule has 1 fully saturated rings. The quantitative estimate of drug-likeness (QED) is 0.0670. The smallest absolute Gasteiger partial charge is 0.343 e. The van der Waals surface area contributed by atoms with Crippen LogP contribution in [0.2, 0.25) is 0 Å². The zero-order valence-electron chi connectivity index (χ0n) is 27.8. The normalized spacial score (nSPS) is 16.5. The molecule has 2 aromatic carbocycles. The Morgan fingerprint density at radius 2 is 1.20 bits per heavy atom. The van der Waals surface area contributed by atoms with E-state index in [1.807, 2.05) is 18.2 Å². The van der Waals surface area contributed by atoms with Crippen LogP contribution in [0.1, 0.15) is 153 Å². The van der Waals surface area contributed by atoms with Gasteiger partial charge in [0.05, 0.1) is 23.2 Å². The van der Waals surface area contributed by atoms with Crippen molar-refractivity contribution in [1.82, 2.24) is 0 Å². The molecule has 0 radical (unpaired) electrons. The van der Waals surface area contributed by atoms with Crippen molar-refractivity contribution < 1.29 is 19.0 Å². The van der Waals surface area contributed by atoms with Gasteiger partial charge in [-0.2, -0.15) is 0 Å². The third-order valence-corrected chi connectivity index (χ3v) is 9.81. The summed E-state index contributed by atoms with van der Waals surface area (Å²) in [4.78, 5) is 12.8. The first kappa shape index (κ1) is 36.5. The zero-order chi connectivity index (χ0) is 31.2. The van der Waals surface area contributed by atoms with Crippen LogP contribution in [-0.4, -0.2) is 19.2 Å². The molecule has 2 atom stereocenters.